The monoisotopic (exact) mass is 260 g/mol. The minimum absolute atomic E-state index is 0.680. The summed E-state index contributed by atoms with van der Waals surface area (Å²) < 4.78 is 1.07. The highest BCUT2D eigenvalue weighted by Gasteiger charge is 2.30. The fourth-order valence-electron chi connectivity index (χ4n) is 2.46. The van der Waals surface area contributed by atoms with Crippen LogP contribution in [0.4, 0.5) is 0 Å². The lowest BCUT2D eigenvalue weighted by Crippen LogP contribution is -2.40. The van der Waals surface area contributed by atoms with Crippen molar-refractivity contribution in [1.82, 2.24) is 4.90 Å². The summed E-state index contributed by atoms with van der Waals surface area (Å²) in [6.07, 6.45) is 3.93. The highest BCUT2D eigenvalue weighted by atomic mass is 79.9. The Morgan fingerprint density at radius 3 is 2.79 bits per heavy atom. The Morgan fingerprint density at radius 2 is 2.29 bits per heavy atom. The molecule has 82 valence electrons. The van der Waals surface area contributed by atoms with Crippen molar-refractivity contribution in [2.75, 3.05) is 19.6 Å². The largest absolute Gasteiger partial charge is 0.330 e. The minimum atomic E-state index is 0.680. The second-order valence-corrected chi connectivity index (χ2v) is 5.20. The van der Waals surface area contributed by atoms with E-state index in [0.717, 1.165) is 24.1 Å². The van der Waals surface area contributed by atoms with Crippen LogP contribution in [-0.4, -0.2) is 30.6 Å². The highest BCUT2D eigenvalue weighted by molar-refractivity contribution is 9.11. The second-order valence-electron chi connectivity index (χ2n) is 4.07. The predicted octanol–water partition coefficient (Wildman–Crippen LogP) is 2.34. The van der Waals surface area contributed by atoms with Gasteiger partial charge >= 0.3 is 0 Å². The fraction of sp³-hybridized carbons (Fsp3) is 0.818. The third-order valence-electron chi connectivity index (χ3n) is 3.17. The molecule has 0 aromatic rings. The maximum Gasteiger partial charge on any atom is 0.0296 e. The van der Waals surface area contributed by atoms with E-state index in [2.05, 4.69) is 34.3 Å². The number of halogens is 1. The van der Waals surface area contributed by atoms with Crippen molar-refractivity contribution in [2.24, 2.45) is 11.7 Å². The standard InChI is InChI=1S/C11H21BrN2/c1-3-14(8-9(2)12)11-6-4-5-10(11)7-13/h10-11H,2-8,13H2,1H3. The van der Waals surface area contributed by atoms with Crippen molar-refractivity contribution in [2.45, 2.75) is 32.2 Å². The summed E-state index contributed by atoms with van der Waals surface area (Å²) in [6.45, 7) is 8.99. The summed E-state index contributed by atoms with van der Waals surface area (Å²) in [5.41, 5.74) is 5.79. The molecule has 2 atom stereocenters. The number of rotatable bonds is 5. The summed E-state index contributed by atoms with van der Waals surface area (Å²) >= 11 is 3.44. The predicted molar refractivity (Wildman–Crippen MR) is 65.5 cm³/mol. The number of hydrogen-bond acceptors (Lipinski definition) is 2. The average molecular weight is 261 g/mol. The van der Waals surface area contributed by atoms with E-state index in [1.54, 1.807) is 0 Å². The molecule has 14 heavy (non-hydrogen) atoms. The quantitative estimate of drug-likeness (QED) is 0.823. The van der Waals surface area contributed by atoms with Crippen LogP contribution in [0.25, 0.3) is 0 Å². The van der Waals surface area contributed by atoms with E-state index >= 15 is 0 Å². The zero-order valence-electron chi connectivity index (χ0n) is 9.01. The Labute approximate surface area is 95.7 Å². The molecule has 0 spiro atoms. The van der Waals surface area contributed by atoms with Crippen LogP contribution in [0.1, 0.15) is 26.2 Å². The van der Waals surface area contributed by atoms with E-state index in [9.17, 15) is 0 Å². The van der Waals surface area contributed by atoms with Gasteiger partial charge in [-0.25, -0.2) is 0 Å². The summed E-state index contributed by atoms with van der Waals surface area (Å²) in [7, 11) is 0. The molecule has 0 aromatic heterocycles. The molecule has 1 saturated carbocycles. The van der Waals surface area contributed by atoms with Crippen molar-refractivity contribution in [3.05, 3.63) is 11.1 Å². The second kappa shape index (κ2) is 5.89. The third kappa shape index (κ3) is 3.07. The molecule has 1 aliphatic carbocycles. The van der Waals surface area contributed by atoms with Gasteiger partial charge in [-0.3, -0.25) is 4.90 Å². The smallest absolute Gasteiger partial charge is 0.0296 e. The number of likely N-dealkylation sites (N-methyl/N-ethyl adjacent to an activating group) is 1. The Hall–Kier alpha value is 0.140. The summed E-state index contributed by atoms with van der Waals surface area (Å²) in [5, 5.41) is 0. The first-order valence-corrected chi connectivity index (χ1v) is 6.25. The SMILES string of the molecule is C=C(Br)CN(CC)C1CCCC1CN. The van der Waals surface area contributed by atoms with Crippen molar-refractivity contribution in [3.8, 4) is 0 Å². The van der Waals surface area contributed by atoms with Crippen LogP contribution >= 0.6 is 15.9 Å². The minimum Gasteiger partial charge on any atom is -0.330 e. The van der Waals surface area contributed by atoms with Crippen LogP contribution in [0.3, 0.4) is 0 Å². The van der Waals surface area contributed by atoms with Crippen LogP contribution in [0.5, 0.6) is 0 Å². The first kappa shape index (κ1) is 12.2. The lowest BCUT2D eigenvalue weighted by atomic mass is 10.0. The summed E-state index contributed by atoms with van der Waals surface area (Å²) in [4.78, 5) is 2.49. The first-order chi connectivity index (χ1) is 6.69. The molecular weight excluding hydrogens is 240 g/mol. The first-order valence-electron chi connectivity index (χ1n) is 5.46. The topological polar surface area (TPSA) is 29.3 Å². The average Bonchev–Trinajstić information content (AvgIpc) is 2.61. The Balaban J connectivity index is 2.54. The Bertz CT molecular complexity index is 194. The van der Waals surface area contributed by atoms with E-state index in [4.69, 9.17) is 5.73 Å². The number of hydrogen-bond donors (Lipinski definition) is 1. The van der Waals surface area contributed by atoms with Gasteiger partial charge in [0.15, 0.2) is 0 Å². The third-order valence-corrected chi connectivity index (χ3v) is 3.42. The van der Waals surface area contributed by atoms with Gasteiger partial charge < -0.3 is 5.73 Å². The molecule has 3 heteroatoms. The molecule has 1 rings (SSSR count). The van der Waals surface area contributed by atoms with Crippen LogP contribution in [0.15, 0.2) is 11.1 Å². The van der Waals surface area contributed by atoms with Crippen LogP contribution in [0.2, 0.25) is 0 Å². The van der Waals surface area contributed by atoms with Crippen molar-refractivity contribution in [1.29, 1.82) is 0 Å². The molecule has 0 saturated heterocycles. The van der Waals surface area contributed by atoms with E-state index in [0.29, 0.717) is 12.0 Å². The molecule has 0 amide bonds. The molecule has 0 radical (unpaired) electrons. The maximum absolute atomic E-state index is 5.79. The molecule has 1 aliphatic rings. The molecular formula is C11H21BrN2. The summed E-state index contributed by atoms with van der Waals surface area (Å²) in [5.74, 6) is 0.696. The molecule has 2 nitrogen and oxygen atoms in total. The van der Waals surface area contributed by atoms with Gasteiger partial charge in [0.2, 0.25) is 0 Å². The normalized spacial score (nSPS) is 27.1. The van der Waals surface area contributed by atoms with Gasteiger partial charge in [-0.15, -0.1) is 0 Å². The lowest BCUT2D eigenvalue weighted by Gasteiger charge is -2.31. The Morgan fingerprint density at radius 1 is 1.57 bits per heavy atom. The van der Waals surface area contributed by atoms with Gasteiger partial charge in [0, 0.05) is 17.1 Å². The number of nitrogens with two attached hydrogens (primary N) is 1. The number of nitrogens with zero attached hydrogens (tertiary/aromatic N) is 1. The highest BCUT2D eigenvalue weighted by Crippen LogP contribution is 2.29. The Kier molecular flexibility index (Phi) is 5.13. The van der Waals surface area contributed by atoms with E-state index < -0.39 is 0 Å². The zero-order valence-corrected chi connectivity index (χ0v) is 10.6. The van der Waals surface area contributed by atoms with Crippen LogP contribution in [-0.2, 0) is 0 Å². The van der Waals surface area contributed by atoms with Crippen molar-refractivity contribution < 1.29 is 0 Å². The van der Waals surface area contributed by atoms with E-state index in [-0.39, 0.29) is 0 Å². The molecule has 2 N–H and O–H groups in total. The molecule has 0 aromatic carbocycles. The summed E-state index contributed by atoms with van der Waals surface area (Å²) in [6, 6.07) is 0.680. The van der Waals surface area contributed by atoms with Gasteiger partial charge in [0.1, 0.15) is 0 Å². The fourth-order valence-corrected chi connectivity index (χ4v) is 2.78. The lowest BCUT2D eigenvalue weighted by molar-refractivity contribution is 0.187. The van der Waals surface area contributed by atoms with E-state index in [1.807, 2.05) is 0 Å². The molecule has 0 aliphatic heterocycles. The zero-order chi connectivity index (χ0) is 10.6. The van der Waals surface area contributed by atoms with Crippen molar-refractivity contribution >= 4 is 15.9 Å². The van der Waals surface area contributed by atoms with Gasteiger partial charge in [0.05, 0.1) is 0 Å². The molecule has 0 bridgehead atoms. The van der Waals surface area contributed by atoms with Gasteiger partial charge in [-0.2, -0.15) is 0 Å². The van der Waals surface area contributed by atoms with Crippen molar-refractivity contribution in [3.63, 3.8) is 0 Å². The van der Waals surface area contributed by atoms with Crippen LogP contribution < -0.4 is 5.73 Å². The molecule has 0 heterocycles. The van der Waals surface area contributed by atoms with Crippen LogP contribution in [0, 0.1) is 5.92 Å². The van der Waals surface area contributed by atoms with Gasteiger partial charge in [-0.1, -0.05) is 35.9 Å². The van der Waals surface area contributed by atoms with Gasteiger partial charge in [0.25, 0.3) is 0 Å². The van der Waals surface area contributed by atoms with Gasteiger partial charge in [-0.05, 0) is 31.8 Å². The molecule has 1 fully saturated rings. The van der Waals surface area contributed by atoms with E-state index in [1.165, 1.54) is 19.3 Å². The maximum atomic E-state index is 5.79. The molecule has 2 unspecified atom stereocenters.